The maximum Gasteiger partial charge on any atom is 0.261 e. The Morgan fingerprint density at radius 2 is 2.00 bits per heavy atom. The first kappa shape index (κ1) is 18.7. The Hall–Kier alpha value is -3.06. The normalized spacial score (nSPS) is 11.7. The second kappa shape index (κ2) is 8.55. The topological polar surface area (TPSA) is 86.5 Å². The number of halogens is 1. The Kier molecular flexibility index (Phi) is 5.93. The van der Waals surface area contributed by atoms with Gasteiger partial charge in [-0.1, -0.05) is 35.0 Å². The number of carbonyl (C=O) groups excluding carboxylic acids is 1. The molecular weight excluding hydrogens is 370 g/mol. The molecule has 140 valence electrons. The van der Waals surface area contributed by atoms with Gasteiger partial charge in [0, 0.05) is 10.6 Å². The van der Waals surface area contributed by atoms with Gasteiger partial charge in [-0.15, -0.1) is 0 Å². The van der Waals surface area contributed by atoms with Crippen molar-refractivity contribution in [2.75, 3.05) is 7.11 Å². The first-order valence-corrected chi connectivity index (χ1v) is 8.60. The fourth-order valence-corrected chi connectivity index (χ4v) is 2.49. The summed E-state index contributed by atoms with van der Waals surface area (Å²) in [6, 6.07) is 14.2. The first-order chi connectivity index (χ1) is 13.0. The molecule has 8 heteroatoms. The number of hydrogen-bond donors (Lipinski definition) is 1. The van der Waals surface area contributed by atoms with Crippen molar-refractivity contribution in [2.24, 2.45) is 0 Å². The number of aromatic nitrogens is 2. The van der Waals surface area contributed by atoms with E-state index in [4.69, 9.17) is 25.6 Å². The Balaban J connectivity index is 1.56. The van der Waals surface area contributed by atoms with Gasteiger partial charge in [-0.25, -0.2) is 0 Å². The van der Waals surface area contributed by atoms with Crippen molar-refractivity contribution >= 4 is 17.5 Å². The summed E-state index contributed by atoms with van der Waals surface area (Å²) in [6.45, 7) is 1.74. The Morgan fingerprint density at radius 1 is 1.22 bits per heavy atom. The van der Waals surface area contributed by atoms with Crippen LogP contribution in [-0.2, 0) is 11.3 Å². The van der Waals surface area contributed by atoms with Crippen LogP contribution in [0.2, 0.25) is 5.02 Å². The number of nitrogens with one attached hydrogen (secondary N) is 1. The standard InChI is InChI=1S/C19H18ClN3O4/c1-12(26-16-8-4-6-14(20)10-16)19(24)21-11-17-22-18(23-27-17)13-5-3-7-15(9-13)25-2/h3-10,12H,11H2,1-2H3,(H,21,24)/t12-/m1/s1. The van der Waals surface area contributed by atoms with Crippen LogP contribution in [0.3, 0.4) is 0 Å². The molecule has 0 spiro atoms. The molecule has 0 aliphatic heterocycles. The predicted molar refractivity (Wildman–Crippen MR) is 99.7 cm³/mol. The monoisotopic (exact) mass is 387 g/mol. The maximum atomic E-state index is 12.2. The van der Waals surface area contributed by atoms with Gasteiger partial charge in [0.05, 0.1) is 13.7 Å². The lowest BCUT2D eigenvalue weighted by Gasteiger charge is -2.14. The molecule has 3 aromatic rings. The van der Waals surface area contributed by atoms with Crippen LogP contribution in [0.25, 0.3) is 11.4 Å². The average Bonchev–Trinajstić information content (AvgIpc) is 3.15. The molecule has 1 amide bonds. The second-order valence-electron chi connectivity index (χ2n) is 5.68. The fourth-order valence-electron chi connectivity index (χ4n) is 2.31. The van der Waals surface area contributed by atoms with Crippen molar-refractivity contribution in [3.05, 3.63) is 59.4 Å². The van der Waals surface area contributed by atoms with Crippen LogP contribution in [-0.4, -0.2) is 29.3 Å². The zero-order valence-electron chi connectivity index (χ0n) is 14.8. The van der Waals surface area contributed by atoms with Crippen molar-refractivity contribution in [3.8, 4) is 22.9 Å². The summed E-state index contributed by atoms with van der Waals surface area (Å²) in [4.78, 5) is 16.5. The van der Waals surface area contributed by atoms with Crippen molar-refractivity contribution in [1.29, 1.82) is 0 Å². The molecule has 1 aromatic heterocycles. The molecule has 0 unspecified atom stereocenters. The smallest absolute Gasteiger partial charge is 0.261 e. The summed E-state index contributed by atoms with van der Waals surface area (Å²) < 4.78 is 15.9. The van der Waals surface area contributed by atoms with Crippen molar-refractivity contribution in [3.63, 3.8) is 0 Å². The number of methoxy groups -OCH3 is 1. The van der Waals surface area contributed by atoms with E-state index in [1.165, 1.54) is 0 Å². The molecule has 3 rings (SSSR count). The Labute approximate surface area is 161 Å². The molecule has 0 aliphatic carbocycles. The summed E-state index contributed by atoms with van der Waals surface area (Å²) in [5.41, 5.74) is 0.758. The second-order valence-corrected chi connectivity index (χ2v) is 6.12. The highest BCUT2D eigenvalue weighted by atomic mass is 35.5. The SMILES string of the molecule is COc1cccc(-c2noc(CNC(=O)[C@@H](C)Oc3cccc(Cl)c3)n2)c1. The molecule has 0 aliphatic rings. The largest absolute Gasteiger partial charge is 0.497 e. The summed E-state index contributed by atoms with van der Waals surface area (Å²) in [7, 11) is 1.59. The summed E-state index contributed by atoms with van der Waals surface area (Å²) in [5.74, 6) is 1.61. The van der Waals surface area contributed by atoms with E-state index in [1.54, 1.807) is 44.4 Å². The van der Waals surface area contributed by atoms with Gasteiger partial charge in [-0.3, -0.25) is 4.79 Å². The van der Waals surface area contributed by atoms with Gasteiger partial charge < -0.3 is 19.3 Å². The van der Waals surface area contributed by atoms with Crippen molar-refractivity contribution < 1.29 is 18.8 Å². The van der Waals surface area contributed by atoms with Gasteiger partial charge in [0.15, 0.2) is 6.10 Å². The van der Waals surface area contributed by atoms with E-state index in [1.807, 2.05) is 18.2 Å². The van der Waals surface area contributed by atoms with Crippen LogP contribution in [0, 0.1) is 0 Å². The number of amides is 1. The van der Waals surface area contributed by atoms with Crippen LogP contribution in [0.15, 0.2) is 53.1 Å². The lowest BCUT2D eigenvalue weighted by molar-refractivity contribution is -0.127. The number of nitrogens with zero attached hydrogens (tertiary/aromatic N) is 2. The van der Waals surface area contributed by atoms with Crippen LogP contribution >= 0.6 is 11.6 Å². The quantitative estimate of drug-likeness (QED) is 0.667. The molecule has 0 radical (unpaired) electrons. The van der Waals surface area contributed by atoms with Gasteiger partial charge in [-0.2, -0.15) is 4.98 Å². The molecule has 0 fully saturated rings. The molecule has 1 heterocycles. The third kappa shape index (κ3) is 4.98. The first-order valence-electron chi connectivity index (χ1n) is 8.22. The van der Waals surface area contributed by atoms with Crippen molar-refractivity contribution in [2.45, 2.75) is 19.6 Å². The summed E-state index contributed by atoms with van der Waals surface area (Å²) >= 11 is 5.90. The minimum Gasteiger partial charge on any atom is -0.497 e. The lowest BCUT2D eigenvalue weighted by atomic mass is 10.2. The van der Waals surface area contributed by atoms with Gasteiger partial charge in [0.25, 0.3) is 5.91 Å². The molecule has 0 saturated carbocycles. The van der Waals surface area contributed by atoms with E-state index in [0.29, 0.717) is 22.3 Å². The van der Waals surface area contributed by atoms with E-state index in [9.17, 15) is 4.79 Å². The Morgan fingerprint density at radius 3 is 2.78 bits per heavy atom. The summed E-state index contributed by atoms with van der Waals surface area (Å²) in [6.07, 6.45) is -0.704. The molecule has 0 bridgehead atoms. The van der Waals surface area contributed by atoms with Gasteiger partial charge in [-0.05, 0) is 37.3 Å². The highest BCUT2D eigenvalue weighted by Gasteiger charge is 2.16. The zero-order valence-corrected chi connectivity index (χ0v) is 15.6. The van der Waals surface area contributed by atoms with E-state index in [0.717, 1.165) is 5.56 Å². The molecule has 1 atom stereocenters. The van der Waals surface area contributed by atoms with Gasteiger partial charge in [0.2, 0.25) is 11.7 Å². The molecule has 2 aromatic carbocycles. The molecular formula is C19H18ClN3O4. The minimum atomic E-state index is -0.704. The average molecular weight is 388 g/mol. The van der Waals surface area contributed by atoms with Crippen LogP contribution in [0.4, 0.5) is 0 Å². The molecule has 27 heavy (non-hydrogen) atoms. The predicted octanol–water partition coefficient (Wildman–Crippen LogP) is 3.48. The fraction of sp³-hybridized carbons (Fsp3) is 0.211. The van der Waals surface area contributed by atoms with E-state index in [2.05, 4.69) is 15.5 Å². The number of ether oxygens (including phenoxy) is 2. The zero-order chi connectivity index (χ0) is 19.2. The van der Waals surface area contributed by atoms with Crippen LogP contribution < -0.4 is 14.8 Å². The van der Waals surface area contributed by atoms with Crippen LogP contribution in [0.1, 0.15) is 12.8 Å². The van der Waals surface area contributed by atoms with Gasteiger partial charge >= 0.3 is 0 Å². The minimum absolute atomic E-state index is 0.0963. The van der Waals surface area contributed by atoms with Crippen molar-refractivity contribution in [1.82, 2.24) is 15.5 Å². The number of carbonyl (C=O) groups is 1. The van der Waals surface area contributed by atoms with Gasteiger partial charge in [0.1, 0.15) is 11.5 Å². The van der Waals surface area contributed by atoms with E-state index < -0.39 is 6.10 Å². The third-order valence-electron chi connectivity index (χ3n) is 3.69. The summed E-state index contributed by atoms with van der Waals surface area (Å²) in [5, 5.41) is 7.16. The van der Waals surface area contributed by atoms with Crippen LogP contribution in [0.5, 0.6) is 11.5 Å². The highest BCUT2D eigenvalue weighted by Crippen LogP contribution is 2.21. The molecule has 1 N–H and O–H groups in total. The number of benzene rings is 2. The highest BCUT2D eigenvalue weighted by molar-refractivity contribution is 6.30. The third-order valence-corrected chi connectivity index (χ3v) is 3.92. The molecule has 0 saturated heterocycles. The maximum absolute atomic E-state index is 12.2. The Bertz CT molecular complexity index is 929. The van der Waals surface area contributed by atoms with E-state index in [-0.39, 0.29) is 18.3 Å². The number of hydrogen-bond acceptors (Lipinski definition) is 6. The lowest BCUT2D eigenvalue weighted by Crippen LogP contribution is -2.35. The number of rotatable bonds is 7. The molecule has 7 nitrogen and oxygen atoms in total. The van der Waals surface area contributed by atoms with E-state index >= 15 is 0 Å².